The minimum atomic E-state index is -1.06. The average Bonchev–Trinajstić information content (AvgIpc) is 2.77. The zero-order valence-electron chi connectivity index (χ0n) is 10.2. The quantitative estimate of drug-likeness (QED) is 0.676. The summed E-state index contributed by atoms with van der Waals surface area (Å²) in [6.45, 7) is 3.85. The topological polar surface area (TPSA) is 117 Å². The van der Waals surface area contributed by atoms with E-state index in [4.69, 9.17) is 5.11 Å². The summed E-state index contributed by atoms with van der Waals surface area (Å²) in [6, 6.07) is -1.48. The van der Waals surface area contributed by atoms with Gasteiger partial charge in [0.2, 0.25) is 6.39 Å². The molecule has 1 atom stereocenters. The number of nitrogens with zero attached hydrogens (tertiary/aromatic N) is 2. The molecule has 0 radical (unpaired) electrons. The van der Waals surface area contributed by atoms with Crippen molar-refractivity contribution in [3.63, 3.8) is 0 Å². The van der Waals surface area contributed by atoms with E-state index in [-0.39, 0.29) is 12.5 Å². The first-order chi connectivity index (χ1) is 8.49. The van der Waals surface area contributed by atoms with Gasteiger partial charge in [-0.1, -0.05) is 19.0 Å². The Morgan fingerprint density at radius 2 is 2.22 bits per heavy atom. The highest BCUT2D eigenvalue weighted by Gasteiger charge is 2.20. The second kappa shape index (κ2) is 6.58. The minimum Gasteiger partial charge on any atom is -0.480 e. The van der Waals surface area contributed by atoms with Crippen LogP contribution in [0.25, 0.3) is 0 Å². The molecule has 0 unspecified atom stereocenters. The summed E-state index contributed by atoms with van der Waals surface area (Å²) in [6.07, 6.45) is 1.51. The number of hydrogen-bond donors (Lipinski definition) is 3. The van der Waals surface area contributed by atoms with Gasteiger partial charge in [0, 0.05) is 0 Å². The van der Waals surface area contributed by atoms with Gasteiger partial charge >= 0.3 is 12.0 Å². The number of carbonyl (C=O) groups is 2. The zero-order chi connectivity index (χ0) is 13.5. The van der Waals surface area contributed by atoms with Gasteiger partial charge in [0.05, 0.1) is 6.54 Å². The smallest absolute Gasteiger partial charge is 0.326 e. The molecule has 3 N–H and O–H groups in total. The molecule has 100 valence electrons. The maximum Gasteiger partial charge on any atom is 0.326 e. The van der Waals surface area contributed by atoms with Crippen LogP contribution in [0, 0.1) is 5.92 Å². The Morgan fingerprint density at radius 3 is 2.72 bits per heavy atom. The van der Waals surface area contributed by atoms with Crippen LogP contribution in [0.1, 0.15) is 26.1 Å². The van der Waals surface area contributed by atoms with Crippen LogP contribution < -0.4 is 10.6 Å². The number of carboxylic acid groups (broad SMARTS) is 1. The Bertz CT molecular complexity index is 391. The van der Waals surface area contributed by atoms with Crippen molar-refractivity contribution in [2.24, 2.45) is 5.92 Å². The van der Waals surface area contributed by atoms with Crippen molar-refractivity contribution in [1.82, 2.24) is 20.8 Å². The predicted octanol–water partition coefficient (Wildman–Crippen LogP) is 0.368. The Balaban J connectivity index is 2.39. The number of nitrogens with one attached hydrogen (secondary N) is 2. The number of carbonyl (C=O) groups excluding carboxylic acids is 1. The van der Waals surface area contributed by atoms with Gasteiger partial charge in [0.15, 0.2) is 5.82 Å². The van der Waals surface area contributed by atoms with Crippen molar-refractivity contribution in [2.45, 2.75) is 32.9 Å². The first-order valence-corrected chi connectivity index (χ1v) is 5.51. The number of carboxylic acids is 1. The Labute approximate surface area is 104 Å². The fourth-order valence-corrected chi connectivity index (χ4v) is 1.33. The lowest BCUT2D eigenvalue weighted by molar-refractivity contribution is -0.139. The molecule has 0 bridgehead atoms. The molecule has 2 amide bonds. The molecule has 1 aromatic heterocycles. The molecule has 0 spiro atoms. The van der Waals surface area contributed by atoms with Gasteiger partial charge in [-0.25, -0.2) is 9.59 Å². The molecule has 0 aromatic carbocycles. The van der Waals surface area contributed by atoms with Crippen LogP contribution in [0.5, 0.6) is 0 Å². The molecule has 18 heavy (non-hydrogen) atoms. The second-order valence-electron chi connectivity index (χ2n) is 4.19. The van der Waals surface area contributed by atoms with E-state index >= 15 is 0 Å². The lowest BCUT2D eigenvalue weighted by atomic mass is 10.0. The lowest BCUT2D eigenvalue weighted by Gasteiger charge is -2.16. The summed E-state index contributed by atoms with van der Waals surface area (Å²) in [5.41, 5.74) is 0. The Hall–Kier alpha value is -2.12. The van der Waals surface area contributed by atoms with Gasteiger partial charge in [-0.3, -0.25) is 0 Å². The summed E-state index contributed by atoms with van der Waals surface area (Å²) in [5, 5.41) is 17.3. The van der Waals surface area contributed by atoms with Crippen LogP contribution in [0.3, 0.4) is 0 Å². The fourth-order valence-electron chi connectivity index (χ4n) is 1.33. The maximum atomic E-state index is 11.5. The largest absolute Gasteiger partial charge is 0.480 e. The van der Waals surface area contributed by atoms with Crippen LogP contribution in [0.2, 0.25) is 0 Å². The molecule has 0 fully saturated rings. The molecule has 1 rings (SSSR count). The number of amides is 2. The summed E-state index contributed by atoms with van der Waals surface area (Å²) >= 11 is 0. The molecule has 8 nitrogen and oxygen atoms in total. The zero-order valence-corrected chi connectivity index (χ0v) is 10.2. The maximum absolute atomic E-state index is 11.5. The van der Waals surface area contributed by atoms with E-state index in [1.54, 1.807) is 0 Å². The molecule has 0 aliphatic rings. The van der Waals surface area contributed by atoms with E-state index in [1.807, 2.05) is 13.8 Å². The van der Waals surface area contributed by atoms with Crippen LogP contribution in [0.4, 0.5) is 4.79 Å². The third-order valence-corrected chi connectivity index (χ3v) is 2.12. The van der Waals surface area contributed by atoms with Crippen molar-refractivity contribution < 1.29 is 19.2 Å². The molecule has 0 aliphatic heterocycles. The van der Waals surface area contributed by atoms with E-state index in [2.05, 4.69) is 25.3 Å². The van der Waals surface area contributed by atoms with Gasteiger partial charge in [0.1, 0.15) is 6.04 Å². The van der Waals surface area contributed by atoms with E-state index in [1.165, 1.54) is 0 Å². The normalized spacial score (nSPS) is 12.2. The van der Waals surface area contributed by atoms with Crippen LogP contribution in [-0.4, -0.2) is 33.3 Å². The van der Waals surface area contributed by atoms with Gasteiger partial charge < -0.3 is 20.3 Å². The number of rotatable bonds is 6. The summed E-state index contributed by atoms with van der Waals surface area (Å²) in [4.78, 5) is 26.1. The number of urea groups is 1. The van der Waals surface area contributed by atoms with Gasteiger partial charge in [0.25, 0.3) is 0 Å². The Morgan fingerprint density at radius 1 is 1.50 bits per heavy atom. The van der Waals surface area contributed by atoms with Crippen molar-refractivity contribution >= 4 is 12.0 Å². The minimum absolute atomic E-state index is 0.0797. The van der Waals surface area contributed by atoms with Crippen molar-refractivity contribution in [3.05, 3.63) is 12.2 Å². The van der Waals surface area contributed by atoms with Gasteiger partial charge in [-0.15, -0.1) is 0 Å². The van der Waals surface area contributed by atoms with Gasteiger partial charge in [-0.2, -0.15) is 4.98 Å². The van der Waals surface area contributed by atoms with E-state index in [0.717, 1.165) is 6.39 Å². The molecular formula is C10H16N4O4. The van der Waals surface area contributed by atoms with E-state index in [9.17, 15) is 9.59 Å². The van der Waals surface area contributed by atoms with Crippen molar-refractivity contribution in [3.8, 4) is 0 Å². The summed E-state index contributed by atoms with van der Waals surface area (Å²) < 4.78 is 4.49. The van der Waals surface area contributed by atoms with Crippen molar-refractivity contribution in [2.75, 3.05) is 0 Å². The van der Waals surface area contributed by atoms with E-state index < -0.39 is 18.0 Å². The number of aromatic nitrogens is 2. The molecule has 0 aliphatic carbocycles. The predicted molar refractivity (Wildman–Crippen MR) is 60.5 cm³/mol. The number of aliphatic carboxylic acids is 1. The highest BCUT2D eigenvalue weighted by atomic mass is 16.5. The highest BCUT2D eigenvalue weighted by Crippen LogP contribution is 2.04. The van der Waals surface area contributed by atoms with E-state index in [0.29, 0.717) is 12.2 Å². The highest BCUT2D eigenvalue weighted by molar-refractivity contribution is 5.82. The third-order valence-electron chi connectivity index (χ3n) is 2.12. The molecule has 1 heterocycles. The summed E-state index contributed by atoms with van der Waals surface area (Å²) in [7, 11) is 0. The molecule has 8 heteroatoms. The van der Waals surface area contributed by atoms with Crippen LogP contribution >= 0.6 is 0 Å². The third kappa shape index (κ3) is 4.81. The molecule has 0 saturated carbocycles. The lowest BCUT2D eigenvalue weighted by Crippen LogP contribution is -2.46. The SMILES string of the molecule is CC(C)C[C@H](NC(=O)NCc1ncon1)C(=O)O. The average molecular weight is 256 g/mol. The fraction of sp³-hybridized carbons (Fsp3) is 0.600. The molecular weight excluding hydrogens is 240 g/mol. The second-order valence-corrected chi connectivity index (χ2v) is 4.19. The Kier molecular flexibility index (Phi) is 5.09. The first-order valence-electron chi connectivity index (χ1n) is 5.51. The standard InChI is InChI=1S/C10H16N4O4/c1-6(2)3-7(9(15)16)13-10(17)11-4-8-12-5-18-14-8/h5-7H,3-4H2,1-2H3,(H,15,16)(H2,11,13,17)/t7-/m0/s1. The van der Waals surface area contributed by atoms with Crippen LogP contribution in [-0.2, 0) is 11.3 Å². The number of hydrogen-bond acceptors (Lipinski definition) is 5. The summed E-state index contributed by atoms with van der Waals surface area (Å²) in [5.74, 6) is -0.567. The molecule has 0 saturated heterocycles. The molecule has 1 aromatic rings. The van der Waals surface area contributed by atoms with Gasteiger partial charge in [-0.05, 0) is 12.3 Å². The first kappa shape index (κ1) is 13.9. The van der Waals surface area contributed by atoms with Crippen molar-refractivity contribution in [1.29, 1.82) is 0 Å². The monoisotopic (exact) mass is 256 g/mol. The van der Waals surface area contributed by atoms with Crippen LogP contribution in [0.15, 0.2) is 10.9 Å².